The Morgan fingerprint density at radius 3 is 2.78 bits per heavy atom. The number of hydrogen-bond acceptors (Lipinski definition) is 4. The van der Waals surface area contributed by atoms with Gasteiger partial charge in [0.25, 0.3) is 0 Å². The van der Waals surface area contributed by atoms with Gasteiger partial charge >= 0.3 is 5.97 Å². The SMILES string of the molecule is CC(C)(CSc1ncnc2ccccc12)C(=O)O. The molecule has 0 aliphatic rings. The van der Waals surface area contributed by atoms with Gasteiger partial charge in [0, 0.05) is 11.1 Å². The van der Waals surface area contributed by atoms with Crippen LogP contribution in [0.25, 0.3) is 10.9 Å². The number of benzene rings is 1. The molecule has 0 aliphatic heterocycles. The Balaban J connectivity index is 2.25. The molecule has 0 saturated heterocycles. The fourth-order valence-electron chi connectivity index (χ4n) is 1.41. The van der Waals surface area contributed by atoms with E-state index in [4.69, 9.17) is 5.11 Å². The normalized spacial score (nSPS) is 11.7. The van der Waals surface area contributed by atoms with Gasteiger partial charge in [-0.15, -0.1) is 11.8 Å². The van der Waals surface area contributed by atoms with Crippen molar-refractivity contribution in [2.45, 2.75) is 18.9 Å². The molecule has 0 radical (unpaired) electrons. The Hall–Kier alpha value is -1.62. The molecular weight excluding hydrogens is 248 g/mol. The first-order valence-corrected chi connectivity index (χ1v) is 6.55. The molecule has 0 saturated carbocycles. The van der Waals surface area contributed by atoms with Gasteiger partial charge in [0.15, 0.2) is 0 Å². The van der Waals surface area contributed by atoms with E-state index in [0.29, 0.717) is 5.75 Å². The predicted molar refractivity (Wildman–Crippen MR) is 71.7 cm³/mol. The van der Waals surface area contributed by atoms with Crippen molar-refractivity contribution in [3.05, 3.63) is 30.6 Å². The summed E-state index contributed by atoms with van der Waals surface area (Å²) in [5.41, 5.74) is 0.111. The second-order valence-corrected chi connectivity index (χ2v) is 5.64. The van der Waals surface area contributed by atoms with Gasteiger partial charge in [-0.1, -0.05) is 18.2 Å². The highest BCUT2D eigenvalue weighted by molar-refractivity contribution is 7.99. The van der Waals surface area contributed by atoms with Crippen molar-refractivity contribution in [2.75, 3.05) is 5.75 Å². The molecule has 94 valence electrons. The quantitative estimate of drug-likeness (QED) is 0.678. The number of carboxylic acid groups (broad SMARTS) is 1. The van der Waals surface area contributed by atoms with Gasteiger partial charge in [0.1, 0.15) is 11.4 Å². The molecular formula is C13H14N2O2S. The fraction of sp³-hybridized carbons (Fsp3) is 0.308. The molecule has 0 amide bonds. The van der Waals surface area contributed by atoms with Crippen LogP contribution in [0.1, 0.15) is 13.8 Å². The fourth-order valence-corrected chi connectivity index (χ4v) is 2.48. The van der Waals surface area contributed by atoms with Crippen LogP contribution in [-0.4, -0.2) is 26.8 Å². The van der Waals surface area contributed by atoms with Crippen LogP contribution in [0.3, 0.4) is 0 Å². The van der Waals surface area contributed by atoms with Gasteiger partial charge in [-0.25, -0.2) is 9.97 Å². The number of rotatable bonds is 4. The monoisotopic (exact) mass is 262 g/mol. The summed E-state index contributed by atoms with van der Waals surface area (Å²) in [6.07, 6.45) is 1.51. The molecule has 18 heavy (non-hydrogen) atoms. The molecule has 0 unspecified atom stereocenters. The Morgan fingerprint density at radius 2 is 2.06 bits per heavy atom. The van der Waals surface area contributed by atoms with Crippen LogP contribution < -0.4 is 0 Å². The standard InChI is InChI=1S/C13H14N2O2S/c1-13(2,12(16)17)7-18-11-9-5-3-4-6-10(9)14-8-15-11/h3-6,8H,7H2,1-2H3,(H,16,17). The highest BCUT2D eigenvalue weighted by Crippen LogP contribution is 2.30. The van der Waals surface area contributed by atoms with E-state index >= 15 is 0 Å². The maximum absolute atomic E-state index is 11.1. The second-order valence-electron chi connectivity index (χ2n) is 4.67. The van der Waals surface area contributed by atoms with Crippen LogP contribution >= 0.6 is 11.8 Å². The van der Waals surface area contributed by atoms with Crippen molar-refractivity contribution in [2.24, 2.45) is 5.41 Å². The molecule has 1 N–H and O–H groups in total. The van der Waals surface area contributed by atoms with E-state index in [2.05, 4.69) is 9.97 Å². The third-order valence-corrected chi connectivity index (χ3v) is 4.12. The summed E-state index contributed by atoms with van der Waals surface area (Å²) in [5.74, 6) is -0.322. The van der Waals surface area contributed by atoms with Crippen LogP contribution in [0.15, 0.2) is 35.6 Å². The number of aromatic nitrogens is 2. The van der Waals surface area contributed by atoms with Crippen LogP contribution in [0, 0.1) is 5.41 Å². The molecule has 4 nitrogen and oxygen atoms in total. The van der Waals surface area contributed by atoms with E-state index < -0.39 is 11.4 Å². The summed E-state index contributed by atoms with van der Waals surface area (Å²) in [5, 5.41) is 10.9. The van der Waals surface area contributed by atoms with Gasteiger partial charge in [0.05, 0.1) is 10.9 Å². The zero-order valence-corrected chi connectivity index (χ0v) is 11.1. The lowest BCUT2D eigenvalue weighted by Gasteiger charge is -2.18. The highest BCUT2D eigenvalue weighted by Gasteiger charge is 2.27. The van der Waals surface area contributed by atoms with E-state index in [1.807, 2.05) is 24.3 Å². The minimum Gasteiger partial charge on any atom is -0.481 e. The van der Waals surface area contributed by atoms with Crippen LogP contribution in [0.5, 0.6) is 0 Å². The topological polar surface area (TPSA) is 63.1 Å². The Labute approximate surface area is 109 Å². The molecule has 1 aromatic heterocycles. The molecule has 1 heterocycles. The number of hydrogen-bond donors (Lipinski definition) is 1. The van der Waals surface area contributed by atoms with Gasteiger partial charge < -0.3 is 5.11 Å². The first-order valence-electron chi connectivity index (χ1n) is 5.57. The number of carbonyl (C=O) groups is 1. The van der Waals surface area contributed by atoms with Crippen molar-refractivity contribution in [3.63, 3.8) is 0 Å². The first-order chi connectivity index (χ1) is 8.50. The average molecular weight is 262 g/mol. The van der Waals surface area contributed by atoms with Gasteiger partial charge in [-0.3, -0.25) is 4.79 Å². The largest absolute Gasteiger partial charge is 0.481 e. The van der Waals surface area contributed by atoms with E-state index in [1.54, 1.807) is 13.8 Å². The summed E-state index contributed by atoms with van der Waals surface area (Å²) in [6.45, 7) is 3.43. The first kappa shape index (κ1) is 12.8. The van der Waals surface area contributed by atoms with Crippen molar-refractivity contribution in [1.82, 2.24) is 9.97 Å². The van der Waals surface area contributed by atoms with Gasteiger partial charge in [0.2, 0.25) is 0 Å². The summed E-state index contributed by atoms with van der Waals surface area (Å²) in [4.78, 5) is 19.5. The molecule has 0 spiro atoms. The average Bonchev–Trinajstić information content (AvgIpc) is 2.36. The lowest BCUT2D eigenvalue weighted by molar-refractivity contribution is -0.145. The Bertz CT molecular complexity index is 579. The van der Waals surface area contributed by atoms with Gasteiger partial charge in [-0.05, 0) is 19.9 Å². The number of carboxylic acids is 1. The van der Waals surface area contributed by atoms with Crippen molar-refractivity contribution >= 4 is 28.6 Å². The maximum atomic E-state index is 11.1. The molecule has 0 atom stereocenters. The third-order valence-electron chi connectivity index (χ3n) is 2.65. The van der Waals surface area contributed by atoms with Crippen LogP contribution in [-0.2, 0) is 4.79 Å². The summed E-state index contributed by atoms with van der Waals surface area (Å²) in [7, 11) is 0. The van der Waals surface area contributed by atoms with Crippen molar-refractivity contribution in [3.8, 4) is 0 Å². The summed E-state index contributed by atoms with van der Waals surface area (Å²) in [6, 6.07) is 7.72. The molecule has 5 heteroatoms. The summed E-state index contributed by atoms with van der Waals surface area (Å²) < 4.78 is 0. The minimum atomic E-state index is -0.798. The number of fused-ring (bicyclic) bond motifs is 1. The zero-order chi connectivity index (χ0) is 13.2. The number of nitrogens with zero attached hydrogens (tertiary/aromatic N) is 2. The lowest BCUT2D eigenvalue weighted by atomic mass is 9.97. The van der Waals surface area contributed by atoms with Crippen LogP contribution in [0.2, 0.25) is 0 Å². The number of thioether (sulfide) groups is 1. The Morgan fingerprint density at radius 1 is 1.33 bits per heavy atom. The summed E-state index contributed by atoms with van der Waals surface area (Å²) >= 11 is 1.45. The smallest absolute Gasteiger partial charge is 0.309 e. The molecule has 0 aliphatic carbocycles. The predicted octanol–water partition coefficient (Wildman–Crippen LogP) is 2.83. The van der Waals surface area contributed by atoms with E-state index in [-0.39, 0.29) is 0 Å². The van der Waals surface area contributed by atoms with Crippen molar-refractivity contribution in [1.29, 1.82) is 0 Å². The van der Waals surface area contributed by atoms with E-state index in [0.717, 1.165) is 15.9 Å². The Kier molecular flexibility index (Phi) is 3.52. The van der Waals surface area contributed by atoms with Crippen molar-refractivity contribution < 1.29 is 9.90 Å². The number of para-hydroxylation sites is 1. The zero-order valence-electron chi connectivity index (χ0n) is 10.3. The molecule has 0 bridgehead atoms. The maximum Gasteiger partial charge on any atom is 0.309 e. The second kappa shape index (κ2) is 4.94. The highest BCUT2D eigenvalue weighted by atomic mass is 32.2. The minimum absolute atomic E-state index is 0.476. The van der Waals surface area contributed by atoms with Crippen LogP contribution in [0.4, 0.5) is 0 Å². The molecule has 2 aromatic rings. The lowest BCUT2D eigenvalue weighted by Crippen LogP contribution is -2.26. The molecule has 0 fully saturated rings. The number of aliphatic carboxylic acids is 1. The molecule has 2 rings (SSSR count). The van der Waals surface area contributed by atoms with E-state index in [1.165, 1.54) is 18.1 Å². The van der Waals surface area contributed by atoms with E-state index in [9.17, 15) is 4.79 Å². The van der Waals surface area contributed by atoms with Gasteiger partial charge in [-0.2, -0.15) is 0 Å². The molecule has 1 aromatic carbocycles. The third kappa shape index (κ3) is 2.61.